The Labute approximate surface area is 137 Å². The summed E-state index contributed by atoms with van der Waals surface area (Å²) in [5.74, 6) is 0.197. The molecule has 5 nitrogen and oxygen atoms in total. The smallest absolute Gasteiger partial charge is 0.214 e. The summed E-state index contributed by atoms with van der Waals surface area (Å²) in [6.07, 6.45) is 1.41. The molecular weight excluding hydrogens is 324 g/mol. The van der Waals surface area contributed by atoms with Crippen molar-refractivity contribution in [2.75, 3.05) is 50.5 Å². The zero-order valence-corrected chi connectivity index (χ0v) is 14.4. The first-order valence-corrected chi connectivity index (χ1v) is 9.49. The standard InChI is InChI=1S/C15H23ClN2O3S/c1-21-12-4-5-13-22(19,20)18-10-8-17(9-11-18)15-7-3-2-6-14(15)16/h2-3,6-7H,4-5,8-13H2,1H3. The van der Waals surface area contributed by atoms with E-state index >= 15 is 0 Å². The largest absolute Gasteiger partial charge is 0.385 e. The number of para-hydroxylation sites is 1. The summed E-state index contributed by atoms with van der Waals surface area (Å²) in [5, 5.41) is 0.707. The fourth-order valence-corrected chi connectivity index (χ4v) is 4.38. The Hall–Kier alpha value is -0.820. The van der Waals surface area contributed by atoms with Gasteiger partial charge in [-0.3, -0.25) is 0 Å². The van der Waals surface area contributed by atoms with Crippen LogP contribution in [0.3, 0.4) is 0 Å². The molecule has 1 aromatic carbocycles. The number of benzene rings is 1. The molecule has 22 heavy (non-hydrogen) atoms. The monoisotopic (exact) mass is 346 g/mol. The van der Waals surface area contributed by atoms with Gasteiger partial charge in [0.2, 0.25) is 10.0 Å². The molecule has 0 amide bonds. The van der Waals surface area contributed by atoms with E-state index in [1.807, 2.05) is 24.3 Å². The van der Waals surface area contributed by atoms with Crippen molar-refractivity contribution in [2.45, 2.75) is 12.8 Å². The Bertz CT molecular complexity index is 572. The molecule has 2 rings (SSSR count). The Morgan fingerprint density at radius 1 is 1.14 bits per heavy atom. The minimum Gasteiger partial charge on any atom is -0.385 e. The van der Waals surface area contributed by atoms with E-state index in [0.29, 0.717) is 44.2 Å². The van der Waals surface area contributed by atoms with Crippen LogP contribution in [0.5, 0.6) is 0 Å². The lowest BCUT2D eigenvalue weighted by Crippen LogP contribution is -2.49. The predicted octanol–water partition coefficient (Wildman–Crippen LogP) is 2.22. The third kappa shape index (κ3) is 4.59. The lowest BCUT2D eigenvalue weighted by Gasteiger charge is -2.35. The Morgan fingerprint density at radius 2 is 1.82 bits per heavy atom. The number of sulfonamides is 1. The highest BCUT2D eigenvalue weighted by molar-refractivity contribution is 7.89. The maximum absolute atomic E-state index is 12.3. The summed E-state index contributed by atoms with van der Waals surface area (Å²) in [6.45, 7) is 2.97. The molecule has 1 fully saturated rings. The molecule has 0 saturated carbocycles. The number of piperazine rings is 1. The fourth-order valence-electron chi connectivity index (χ4n) is 2.58. The van der Waals surface area contributed by atoms with Gasteiger partial charge in [0.15, 0.2) is 0 Å². The Morgan fingerprint density at radius 3 is 2.45 bits per heavy atom. The van der Waals surface area contributed by atoms with Crippen LogP contribution in [-0.2, 0) is 14.8 Å². The molecule has 0 atom stereocenters. The van der Waals surface area contributed by atoms with Gasteiger partial charge in [0.25, 0.3) is 0 Å². The van der Waals surface area contributed by atoms with Gasteiger partial charge in [0.05, 0.1) is 16.5 Å². The van der Waals surface area contributed by atoms with Crippen molar-refractivity contribution in [1.29, 1.82) is 0 Å². The highest BCUT2D eigenvalue weighted by Gasteiger charge is 2.27. The van der Waals surface area contributed by atoms with Gasteiger partial charge in [0.1, 0.15) is 0 Å². The van der Waals surface area contributed by atoms with Crippen molar-refractivity contribution in [2.24, 2.45) is 0 Å². The van der Waals surface area contributed by atoms with Crippen LogP contribution in [0.25, 0.3) is 0 Å². The van der Waals surface area contributed by atoms with Crippen LogP contribution in [0, 0.1) is 0 Å². The summed E-state index contributed by atoms with van der Waals surface area (Å²) in [7, 11) is -1.53. The lowest BCUT2D eigenvalue weighted by molar-refractivity contribution is 0.194. The van der Waals surface area contributed by atoms with Crippen molar-refractivity contribution in [3.63, 3.8) is 0 Å². The predicted molar refractivity (Wildman–Crippen MR) is 90.1 cm³/mol. The van der Waals surface area contributed by atoms with E-state index in [9.17, 15) is 8.42 Å². The minimum absolute atomic E-state index is 0.197. The van der Waals surface area contributed by atoms with E-state index in [4.69, 9.17) is 16.3 Å². The first kappa shape index (κ1) is 17.5. The zero-order valence-electron chi connectivity index (χ0n) is 12.9. The molecule has 1 heterocycles. The fraction of sp³-hybridized carbons (Fsp3) is 0.600. The molecule has 0 spiro atoms. The average molecular weight is 347 g/mol. The molecule has 0 N–H and O–H groups in total. The molecule has 0 aliphatic carbocycles. The molecule has 124 valence electrons. The molecule has 0 aromatic heterocycles. The SMILES string of the molecule is COCCCCS(=O)(=O)N1CCN(c2ccccc2Cl)CC1. The number of rotatable bonds is 7. The quantitative estimate of drug-likeness (QED) is 0.710. The molecule has 1 aliphatic heterocycles. The second-order valence-corrected chi connectivity index (χ2v) is 7.85. The molecule has 0 unspecified atom stereocenters. The van der Waals surface area contributed by atoms with Crippen LogP contribution in [0.2, 0.25) is 5.02 Å². The normalized spacial score (nSPS) is 16.9. The van der Waals surface area contributed by atoms with Gasteiger partial charge >= 0.3 is 0 Å². The van der Waals surface area contributed by atoms with Gasteiger partial charge in [-0.2, -0.15) is 4.31 Å². The summed E-state index contributed by atoms with van der Waals surface area (Å²) in [6, 6.07) is 7.67. The van der Waals surface area contributed by atoms with Gasteiger partial charge in [-0.05, 0) is 25.0 Å². The maximum Gasteiger partial charge on any atom is 0.214 e. The van der Waals surface area contributed by atoms with Gasteiger partial charge in [-0.1, -0.05) is 23.7 Å². The summed E-state index contributed by atoms with van der Waals surface area (Å²) >= 11 is 6.20. The van der Waals surface area contributed by atoms with Crippen molar-refractivity contribution in [3.8, 4) is 0 Å². The van der Waals surface area contributed by atoms with E-state index in [2.05, 4.69) is 4.90 Å². The van der Waals surface area contributed by atoms with E-state index in [1.165, 1.54) is 0 Å². The first-order valence-electron chi connectivity index (χ1n) is 7.51. The Kier molecular flexibility index (Phi) is 6.50. The summed E-state index contributed by atoms with van der Waals surface area (Å²) in [5.41, 5.74) is 0.973. The van der Waals surface area contributed by atoms with Gasteiger partial charge in [-0.15, -0.1) is 0 Å². The third-order valence-corrected chi connectivity index (χ3v) is 6.10. The van der Waals surface area contributed by atoms with E-state index in [1.54, 1.807) is 11.4 Å². The second-order valence-electron chi connectivity index (χ2n) is 5.35. The van der Waals surface area contributed by atoms with Crippen molar-refractivity contribution < 1.29 is 13.2 Å². The van der Waals surface area contributed by atoms with Crippen molar-refractivity contribution >= 4 is 27.3 Å². The van der Waals surface area contributed by atoms with Gasteiger partial charge < -0.3 is 9.64 Å². The number of hydrogen-bond acceptors (Lipinski definition) is 4. The zero-order chi connectivity index (χ0) is 16.0. The number of hydrogen-bond donors (Lipinski definition) is 0. The lowest BCUT2D eigenvalue weighted by atomic mass is 10.2. The van der Waals surface area contributed by atoms with Crippen LogP contribution < -0.4 is 4.90 Å². The van der Waals surface area contributed by atoms with Crippen LogP contribution in [-0.4, -0.2) is 58.4 Å². The van der Waals surface area contributed by atoms with Crippen LogP contribution in [0.1, 0.15) is 12.8 Å². The highest BCUT2D eigenvalue weighted by Crippen LogP contribution is 2.26. The van der Waals surface area contributed by atoms with Crippen LogP contribution in [0.4, 0.5) is 5.69 Å². The third-order valence-electron chi connectivity index (χ3n) is 3.83. The second kappa shape index (κ2) is 8.15. The minimum atomic E-state index is -3.16. The van der Waals surface area contributed by atoms with Gasteiger partial charge in [0, 0.05) is 39.9 Å². The number of anilines is 1. The number of halogens is 1. The van der Waals surface area contributed by atoms with Gasteiger partial charge in [-0.25, -0.2) is 8.42 Å². The molecule has 0 bridgehead atoms. The molecule has 7 heteroatoms. The van der Waals surface area contributed by atoms with Crippen LogP contribution in [0.15, 0.2) is 24.3 Å². The average Bonchev–Trinajstić information content (AvgIpc) is 2.52. The number of ether oxygens (including phenoxy) is 1. The Balaban J connectivity index is 1.87. The summed E-state index contributed by atoms with van der Waals surface area (Å²) in [4.78, 5) is 2.14. The highest BCUT2D eigenvalue weighted by atomic mass is 35.5. The van der Waals surface area contributed by atoms with Crippen molar-refractivity contribution in [3.05, 3.63) is 29.3 Å². The molecule has 1 aromatic rings. The molecular formula is C15H23ClN2O3S. The number of unbranched alkanes of at least 4 members (excludes halogenated alkanes) is 1. The van der Waals surface area contributed by atoms with E-state index in [0.717, 1.165) is 12.1 Å². The first-order chi connectivity index (χ1) is 10.5. The maximum atomic E-state index is 12.3. The number of nitrogens with zero attached hydrogens (tertiary/aromatic N) is 2. The molecule has 0 radical (unpaired) electrons. The topological polar surface area (TPSA) is 49.9 Å². The van der Waals surface area contributed by atoms with Crippen LogP contribution >= 0.6 is 11.6 Å². The van der Waals surface area contributed by atoms with E-state index < -0.39 is 10.0 Å². The van der Waals surface area contributed by atoms with Crippen molar-refractivity contribution in [1.82, 2.24) is 4.31 Å². The molecule has 1 aliphatic rings. The van der Waals surface area contributed by atoms with E-state index in [-0.39, 0.29) is 5.75 Å². The number of methoxy groups -OCH3 is 1. The molecule has 1 saturated heterocycles. The summed E-state index contributed by atoms with van der Waals surface area (Å²) < 4.78 is 31.1.